The maximum absolute atomic E-state index is 10.5. The Morgan fingerprint density at radius 1 is 1.11 bits per heavy atom. The number of aliphatic hydroxyl groups is 1. The minimum Gasteiger partial charge on any atom is -0.388 e. The van der Waals surface area contributed by atoms with Gasteiger partial charge in [0.2, 0.25) is 0 Å². The Labute approximate surface area is 118 Å². The van der Waals surface area contributed by atoms with Crippen LogP contribution in [0.4, 0.5) is 0 Å². The van der Waals surface area contributed by atoms with Crippen molar-refractivity contribution < 1.29 is 5.11 Å². The zero-order chi connectivity index (χ0) is 13.8. The van der Waals surface area contributed by atoms with Gasteiger partial charge in [0.05, 0.1) is 6.10 Å². The molecule has 0 spiro atoms. The van der Waals surface area contributed by atoms with Crippen LogP contribution in [0.2, 0.25) is 5.02 Å². The van der Waals surface area contributed by atoms with Crippen molar-refractivity contribution in [3.63, 3.8) is 0 Å². The quantitative estimate of drug-likeness (QED) is 0.898. The molecular weight excluding hydrogens is 258 g/mol. The van der Waals surface area contributed by atoms with E-state index in [2.05, 4.69) is 6.07 Å². The highest BCUT2D eigenvalue weighted by Gasteiger charge is 2.21. The van der Waals surface area contributed by atoms with Crippen LogP contribution in [0.25, 0.3) is 0 Å². The molecule has 0 fully saturated rings. The van der Waals surface area contributed by atoms with E-state index < -0.39 is 6.10 Å². The lowest BCUT2D eigenvalue weighted by molar-refractivity contribution is 0.147. The van der Waals surface area contributed by atoms with Gasteiger partial charge in [0.15, 0.2) is 0 Å². The van der Waals surface area contributed by atoms with Crippen LogP contribution >= 0.6 is 11.6 Å². The van der Waals surface area contributed by atoms with Gasteiger partial charge in [-0.25, -0.2) is 0 Å². The van der Waals surface area contributed by atoms with Crippen molar-refractivity contribution in [1.29, 1.82) is 0 Å². The summed E-state index contributed by atoms with van der Waals surface area (Å²) in [4.78, 5) is 0. The van der Waals surface area contributed by atoms with Crippen LogP contribution in [0, 0.1) is 6.92 Å². The van der Waals surface area contributed by atoms with Crippen molar-refractivity contribution >= 4 is 11.6 Å². The number of aliphatic hydroxyl groups excluding tert-OH is 1. The van der Waals surface area contributed by atoms with Crippen molar-refractivity contribution in [2.75, 3.05) is 6.54 Å². The zero-order valence-electron chi connectivity index (χ0n) is 10.9. The summed E-state index contributed by atoms with van der Waals surface area (Å²) in [6, 6.07) is 15.4. The van der Waals surface area contributed by atoms with Crippen LogP contribution in [0.15, 0.2) is 48.5 Å². The van der Waals surface area contributed by atoms with Crippen LogP contribution < -0.4 is 5.73 Å². The molecule has 0 bridgehead atoms. The molecule has 0 radical (unpaired) electrons. The molecule has 100 valence electrons. The summed E-state index contributed by atoms with van der Waals surface area (Å²) < 4.78 is 0. The molecule has 2 nitrogen and oxygen atoms in total. The molecule has 0 heterocycles. The van der Waals surface area contributed by atoms with Gasteiger partial charge in [0.25, 0.3) is 0 Å². The fourth-order valence-electron chi connectivity index (χ4n) is 2.27. The summed E-state index contributed by atoms with van der Waals surface area (Å²) in [5.41, 5.74) is 8.85. The Kier molecular flexibility index (Phi) is 4.59. The van der Waals surface area contributed by atoms with Gasteiger partial charge in [-0.1, -0.05) is 53.6 Å². The number of halogens is 1. The third-order valence-corrected chi connectivity index (χ3v) is 3.53. The lowest BCUT2D eigenvalue weighted by Gasteiger charge is -2.22. The lowest BCUT2D eigenvalue weighted by atomic mass is 9.88. The smallest absolute Gasteiger partial charge is 0.0871 e. The van der Waals surface area contributed by atoms with Gasteiger partial charge >= 0.3 is 0 Å². The molecule has 0 aliphatic carbocycles. The first-order valence-electron chi connectivity index (χ1n) is 6.32. The van der Waals surface area contributed by atoms with E-state index in [-0.39, 0.29) is 5.92 Å². The van der Waals surface area contributed by atoms with Gasteiger partial charge in [-0.3, -0.25) is 0 Å². The van der Waals surface area contributed by atoms with E-state index in [1.165, 1.54) is 0 Å². The predicted octanol–water partition coefficient (Wildman–Crippen LogP) is 3.42. The van der Waals surface area contributed by atoms with Crippen LogP contribution in [0.3, 0.4) is 0 Å². The Balaban J connectivity index is 2.31. The second-order valence-corrected chi connectivity index (χ2v) is 5.19. The van der Waals surface area contributed by atoms with Crippen LogP contribution in [-0.4, -0.2) is 11.7 Å². The average Bonchev–Trinajstić information content (AvgIpc) is 2.39. The molecular formula is C16H18ClNO. The number of rotatable bonds is 4. The zero-order valence-corrected chi connectivity index (χ0v) is 11.6. The molecule has 3 heteroatoms. The Hall–Kier alpha value is -1.35. The summed E-state index contributed by atoms with van der Waals surface area (Å²) in [7, 11) is 0. The predicted molar refractivity (Wildman–Crippen MR) is 79.4 cm³/mol. The molecule has 2 aromatic carbocycles. The third kappa shape index (κ3) is 3.35. The standard InChI is InChI=1S/C16H18ClNO/c1-11-4-2-5-12(8-11)15(10-18)16(19)13-6-3-7-14(17)9-13/h2-9,15-16,19H,10,18H2,1H3. The third-order valence-electron chi connectivity index (χ3n) is 3.30. The highest BCUT2D eigenvalue weighted by Crippen LogP contribution is 2.31. The summed E-state index contributed by atoms with van der Waals surface area (Å²) in [5, 5.41) is 11.1. The molecule has 0 aromatic heterocycles. The summed E-state index contributed by atoms with van der Waals surface area (Å²) in [5.74, 6) is -0.127. The van der Waals surface area contributed by atoms with Gasteiger partial charge < -0.3 is 10.8 Å². The largest absolute Gasteiger partial charge is 0.388 e. The number of benzene rings is 2. The molecule has 0 saturated carbocycles. The molecule has 19 heavy (non-hydrogen) atoms. The summed E-state index contributed by atoms with van der Waals surface area (Å²) >= 11 is 5.97. The van der Waals surface area contributed by atoms with Gasteiger partial charge in [-0.15, -0.1) is 0 Å². The highest BCUT2D eigenvalue weighted by atomic mass is 35.5. The van der Waals surface area contributed by atoms with Crippen LogP contribution in [0.1, 0.15) is 28.7 Å². The fraction of sp³-hybridized carbons (Fsp3) is 0.250. The molecule has 0 amide bonds. The molecule has 2 rings (SSSR count). The molecule has 2 aromatic rings. The number of hydrogen-bond acceptors (Lipinski definition) is 2. The Morgan fingerprint density at radius 2 is 1.79 bits per heavy atom. The SMILES string of the molecule is Cc1cccc(C(CN)C(O)c2cccc(Cl)c2)c1. The molecule has 0 aliphatic rings. The molecule has 0 saturated heterocycles. The molecule has 2 unspecified atom stereocenters. The van der Waals surface area contributed by atoms with E-state index in [0.717, 1.165) is 16.7 Å². The fourth-order valence-corrected chi connectivity index (χ4v) is 2.47. The average molecular weight is 276 g/mol. The number of hydrogen-bond donors (Lipinski definition) is 2. The first-order chi connectivity index (χ1) is 9.11. The maximum atomic E-state index is 10.5. The Bertz CT molecular complexity index is 556. The molecule has 3 N–H and O–H groups in total. The second kappa shape index (κ2) is 6.20. The van der Waals surface area contributed by atoms with Crippen molar-refractivity contribution in [3.05, 3.63) is 70.2 Å². The van der Waals surface area contributed by atoms with Gasteiger partial charge in [-0.05, 0) is 30.2 Å². The van der Waals surface area contributed by atoms with Crippen LogP contribution in [-0.2, 0) is 0 Å². The van der Waals surface area contributed by atoms with E-state index in [0.29, 0.717) is 11.6 Å². The molecule has 2 atom stereocenters. The topological polar surface area (TPSA) is 46.2 Å². The monoisotopic (exact) mass is 275 g/mol. The first kappa shape index (κ1) is 14.1. The normalized spacial score (nSPS) is 14.1. The van der Waals surface area contributed by atoms with Gasteiger partial charge in [0, 0.05) is 17.5 Å². The van der Waals surface area contributed by atoms with Crippen LogP contribution in [0.5, 0.6) is 0 Å². The Morgan fingerprint density at radius 3 is 2.42 bits per heavy atom. The second-order valence-electron chi connectivity index (χ2n) is 4.76. The number of nitrogens with two attached hydrogens (primary N) is 1. The van der Waals surface area contributed by atoms with Crippen molar-refractivity contribution in [2.24, 2.45) is 5.73 Å². The van der Waals surface area contributed by atoms with Crippen molar-refractivity contribution in [2.45, 2.75) is 18.9 Å². The maximum Gasteiger partial charge on any atom is 0.0871 e. The van der Waals surface area contributed by atoms with E-state index in [4.69, 9.17) is 17.3 Å². The number of aryl methyl sites for hydroxylation is 1. The highest BCUT2D eigenvalue weighted by molar-refractivity contribution is 6.30. The van der Waals surface area contributed by atoms with E-state index >= 15 is 0 Å². The minimum absolute atomic E-state index is 0.127. The molecule has 0 aliphatic heterocycles. The van der Waals surface area contributed by atoms with Crippen molar-refractivity contribution in [1.82, 2.24) is 0 Å². The van der Waals surface area contributed by atoms with Crippen molar-refractivity contribution in [3.8, 4) is 0 Å². The summed E-state index contributed by atoms with van der Waals surface area (Å²) in [6.07, 6.45) is -0.648. The van der Waals surface area contributed by atoms with Gasteiger partial charge in [-0.2, -0.15) is 0 Å². The summed E-state index contributed by atoms with van der Waals surface area (Å²) in [6.45, 7) is 2.42. The van der Waals surface area contributed by atoms with E-state index in [1.54, 1.807) is 12.1 Å². The van der Waals surface area contributed by atoms with E-state index in [1.807, 2.05) is 37.3 Å². The first-order valence-corrected chi connectivity index (χ1v) is 6.70. The van der Waals surface area contributed by atoms with Gasteiger partial charge in [0.1, 0.15) is 0 Å². The van der Waals surface area contributed by atoms with E-state index in [9.17, 15) is 5.11 Å². The minimum atomic E-state index is -0.648. The lowest BCUT2D eigenvalue weighted by Crippen LogP contribution is -2.20.